The highest BCUT2D eigenvalue weighted by Gasteiger charge is 2.08. The van der Waals surface area contributed by atoms with Gasteiger partial charge in [-0.2, -0.15) is 0 Å². The summed E-state index contributed by atoms with van der Waals surface area (Å²) in [7, 11) is 1.49. The third kappa shape index (κ3) is 3.38. The fourth-order valence-corrected chi connectivity index (χ4v) is 1.67. The summed E-state index contributed by atoms with van der Waals surface area (Å²) in [5, 5.41) is 5.11. The van der Waals surface area contributed by atoms with Crippen molar-refractivity contribution in [3.8, 4) is 5.75 Å². The second-order valence-electron chi connectivity index (χ2n) is 4.05. The van der Waals surface area contributed by atoms with Crippen LogP contribution in [0.15, 0.2) is 42.5 Å². The van der Waals surface area contributed by atoms with Crippen LogP contribution in [0, 0.1) is 5.82 Å². The number of hydrogen-bond acceptors (Lipinski definition) is 3. The maximum absolute atomic E-state index is 13.0. The second kappa shape index (κ2) is 5.92. The number of nitrogen functional groups attached to an aromatic ring is 1. The van der Waals surface area contributed by atoms with Crippen molar-refractivity contribution in [3.05, 3.63) is 48.3 Å². The first kappa shape index (κ1) is 13.7. The molecule has 0 fully saturated rings. The quantitative estimate of drug-likeness (QED) is 0.753. The Morgan fingerprint density at radius 2 is 2.00 bits per heavy atom. The van der Waals surface area contributed by atoms with Crippen molar-refractivity contribution in [1.29, 1.82) is 0 Å². The number of amides is 2. The molecule has 2 rings (SSSR count). The fraction of sp³-hybridized carbons (Fsp3) is 0.0714. The molecule has 0 heterocycles. The Labute approximate surface area is 115 Å². The van der Waals surface area contributed by atoms with Crippen LogP contribution >= 0.6 is 0 Å². The number of carbonyl (C=O) groups excluding carboxylic acids is 1. The van der Waals surface area contributed by atoms with Crippen LogP contribution in [0.4, 0.5) is 26.2 Å². The number of methoxy groups -OCH3 is 1. The number of nitrogens with one attached hydrogen (secondary N) is 2. The molecule has 0 unspecified atom stereocenters. The predicted octanol–water partition coefficient (Wildman–Crippen LogP) is 3.06. The highest BCUT2D eigenvalue weighted by molar-refractivity contribution is 6.00. The van der Waals surface area contributed by atoms with Gasteiger partial charge in [-0.15, -0.1) is 0 Å². The van der Waals surface area contributed by atoms with E-state index in [-0.39, 0.29) is 0 Å². The molecular weight excluding hydrogens is 261 g/mol. The van der Waals surface area contributed by atoms with Crippen molar-refractivity contribution < 1.29 is 13.9 Å². The van der Waals surface area contributed by atoms with Crippen molar-refractivity contribution in [2.24, 2.45) is 0 Å². The topological polar surface area (TPSA) is 76.4 Å². The van der Waals surface area contributed by atoms with E-state index in [0.29, 0.717) is 22.8 Å². The van der Waals surface area contributed by atoms with E-state index in [4.69, 9.17) is 10.5 Å². The molecule has 20 heavy (non-hydrogen) atoms. The Morgan fingerprint density at radius 1 is 1.20 bits per heavy atom. The first-order valence-electron chi connectivity index (χ1n) is 5.85. The maximum Gasteiger partial charge on any atom is 0.323 e. The zero-order chi connectivity index (χ0) is 14.5. The third-order valence-electron chi connectivity index (χ3n) is 2.55. The molecule has 0 aliphatic rings. The minimum atomic E-state index is -0.514. The SMILES string of the molecule is COc1ccc(N)cc1NC(=O)Nc1cccc(F)c1. The molecule has 0 bridgehead atoms. The molecular formula is C14H14FN3O2. The second-order valence-corrected chi connectivity index (χ2v) is 4.05. The number of ether oxygens (including phenoxy) is 1. The van der Waals surface area contributed by atoms with Gasteiger partial charge in [0.1, 0.15) is 11.6 Å². The van der Waals surface area contributed by atoms with Gasteiger partial charge in [0.2, 0.25) is 0 Å². The number of benzene rings is 2. The molecule has 0 aliphatic heterocycles. The van der Waals surface area contributed by atoms with Crippen LogP contribution < -0.4 is 21.1 Å². The molecule has 0 radical (unpaired) electrons. The van der Waals surface area contributed by atoms with Crippen molar-refractivity contribution in [3.63, 3.8) is 0 Å². The molecule has 0 atom stereocenters. The van der Waals surface area contributed by atoms with Crippen molar-refractivity contribution in [2.45, 2.75) is 0 Å². The summed E-state index contributed by atoms with van der Waals surface area (Å²) in [6, 6.07) is 9.97. The Hall–Kier alpha value is -2.76. The molecule has 2 aromatic rings. The van der Waals surface area contributed by atoms with Crippen molar-refractivity contribution in [1.82, 2.24) is 0 Å². The Bertz CT molecular complexity index is 632. The Morgan fingerprint density at radius 3 is 2.70 bits per heavy atom. The van der Waals surface area contributed by atoms with E-state index in [9.17, 15) is 9.18 Å². The number of carbonyl (C=O) groups is 1. The highest BCUT2D eigenvalue weighted by atomic mass is 19.1. The van der Waals surface area contributed by atoms with Gasteiger partial charge in [0.05, 0.1) is 12.8 Å². The Balaban J connectivity index is 2.10. The summed E-state index contributed by atoms with van der Waals surface area (Å²) in [6.45, 7) is 0. The van der Waals surface area contributed by atoms with Gasteiger partial charge >= 0.3 is 6.03 Å². The summed E-state index contributed by atoms with van der Waals surface area (Å²) in [6.07, 6.45) is 0. The van der Waals surface area contributed by atoms with Crippen LogP contribution in [0.2, 0.25) is 0 Å². The molecule has 0 saturated heterocycles. The smallest absolute Gasteiger partial charge is 0.323 e. The average Bonchev–Trinajstić information content (AvgIpc) is 2.38. The van der Waals surface area contributed by atoms with E-state index < -0.39 is 11.8 Å². The van der Waals surface area contributed by atoms with Gasteiger partial charge in [-0.05, 0) is 36.4 Å². The summed E-state index contributed by atoms with van der Waals surface area (Å²) >= 11 is 0. The average molecular weight is 275 g/mol. The number of urea groups is 1. The molecule has 0 aromatic heterocycles. The van der Waals surface area contributed by atoms with Gasteiger partial charge in [0.15, 0.2) is 0 Å². The molecule has 5 nitrogen and oxygen atoms in total. The number of nitrogens with two attached hydrogens (primary N) is 1. The first-order valence-corrected chi connectivity index (χ1v) is 5.85. The lowest BCUT2D eigenvalue weighted by atomic mass is 10.2. The Kier molecular flexibility index (Phi) is 4.05. The molecule has 4 N–H and O–H groups in total. The normalized spacial score (nSPS) is 9.90. The lowest BCUT2D eigenvalue weighted by Gasteiger charge is -2.11. The summed E-state index contributed by atoms with van der Waals surface area (Å²) in [4.78, 5) is 11.8. The number of halogens is 1. The molecule has 6 heteroatoms. The third-order valence-corrected chi connectivity index (χ3v) is 2.55. The van der Waals surface area contributed by atoms with Gasteiger partial charge in [-0.1, -0.05) is 6.07 Å². The van der Waals surface area contributed by atoms with Crippen LogP contribution in [0.3, 0.4) is 0 Å². The highest BCUT2D eigenvalue weighted by Crippen LogP contribution is 2.26. The van der Waals surface area contributed by atoms with Crippen LogP contribution in [0.1, 0.15) is 0 Å². The van der Waals surface area contributed by atoms with Crippen molar-refractivity contribution >= 4 is 23.1 Å². The monoisotopic (exact) mass is 275 g/mol. The molecule has 104 valence electrons. The molecule has 0 aliphatic carbocycles. The zero-order valence-corrected chi connectivity index (χ0v) is 10.8. The van der Waals surface area contributed by atoms with Crippen LogP contribution in [-0.4, -0.2) is 13.1 Å². The summed E-state index contributed by atoms with van der Waals surface area (Å²) in [5.74, 6) is 0.0536. The fourth-order valence-electron chi connectivity index (χ4n) is 1.67. The van der Waals surface area contributed by atoms with E-state index in [0.717, 1.165) is 0 Å². The van der Waals surface area contributed by atoms with Crippen LogP contribution in [0.5, 0.6) is 5.75 Å². The van der Waals surface area contributed by atoms with E-state index in [1.165, 1.54) is 25.3 Å². The molecule has 2 amide bonds. The molecule has 0 saturated carbocycles. The predicted molar refractivity (Wildman–Crippen MR) is 76.4 cm³/mol. The van der Waals surface area contributed by atoms with Gasteiger partial charge in [0.25, 0.3) is 0 Å². The van der Waals surface area contributed by atoms with E-state index >= 15 is 0 Å². The van der Waals surface area contributed by atoms with Gasteiger partial charge in [-0.25, -0.2) is 9.18 Å². The van der Waals surface area contributed by atoms with Crippen LogP contribution in [-0.2, 0) is 0 Å². The minimum absolute atomic E-state index is 0.352. The largest absolute Gasteiger partial charge is 0.495 e. The number of hydrogen-bond donors (Lipinski definition) is 3. The van der Waals surface area contributed by atoms with Crippen LogP contribution in [0.25, 0.3) is 0 Å². The lowest BCUT2D eigenvalue weighted by molar-refractivity contribution is 0.262. The summed E-state index contributed by atoms with van der Waals surface area (Å²) in [5.41, 5.74) is 6.93. The molecule has 2 aromatic carbocycles. The lowest BCUT2D eigenvalue weighted by Crippen LogP contribution is -2.20. The van der Waals surface area contributed by atoms with Gasteiger partial charge in [0, 0.05) is 11.4 Å². The van der Waals surface area contributed by atoms with E-state index in [2.05, 4.69) is 10.6 Å². The maximum atomic E-state index is 13.0. The van der Waals surface area contributed by atoms with E-state index in [1.807, 2.05) is 0 Å². The standard InChI is InChI=1S/C14H14FN3O2/c1-20-13-6-5-10(16)8-12(13)18-14(19)17-11-4-2-3-9(15)7-11/h2-8H,16H2,1H3,(H2,17,18,19). The number of rotatable bonds is 3. The minimum Gasteiger partial charge on any atom is -0.495 e. The first-order chi connectivity index (χ1) is 9.58. The molecule has 0 spiro atoms. The van der Waals surface area contributed by atoms with Crippen molar-refractivity contribution in [2.75, 3.05) is 23.5 Å². The van der Waals surface area contributed by atoms with Gasteiger partial charge in [-0.3, -0.25) is 0 Å². The summed E-state index contributed by atoms with van der Waals surface area (Å²) < 4.78 is 18.1. The number of anilines is 3. The van der Waals surface area contributed by atoms with Gasteiger partial charge < -0.3 is 21.1 Å². The van der Waals surface area contributed by atoms with E-state index in [1.54, 1.807) is 24.3 Å². The zero-order valence-electron chi connectivity index (χ0n) is 10.8.